The summed E-state index contributed by atoms with van der Waals surface area (Å²) in [5.41, 5.74) is 3.10. The summed E-state index contributed by atoms with van der Waals surface area (Å²) in [6.45, 7) is 0.161. The van der Waals surface area contributed by atoms with Crippen LogP contribution in [-0.2, 0) is 13.1 Å². The van der Waals surface area contributed by atoms with Crippen LogP contribution in [-0.4, -0.2) is 26.7 Å². The molecule has 0 aliphatic rings. The third kappa shape index (κ3) is 5.91. The van der Waals surface area contributed by atoms with E-state index in [1.165, 1.54) is 18.7 Å². The first-order valence-corrected chi connectivity index (χ1v) is 8.13. The second-order valence-electron chi connectivity index (χ2n) is 5.63. The number of alkyl halides is 2. The average Bonchev–Trinajstić information content (AvgIpc) is 2.63. The molecule has 0 spiro atoms. The first-order chi connectivity index (χ1) is 12.5. The van der Waals surface area contributed by atoms with Crippen LogP contribution in [0.15, 0.2) is 47.5 Å². The second kappa shape index (κ2) is 9.60. The van der Waals surface area contributed by atoms with Crippen LogP contribution >= 0.6 is 0 Å². The van der Waals surface area contributed by atoms with Gasteiger partial charge in [0.1, 0.15) is 0 Å². The molecule has 5 nitrogen and oxygen atoms in total. The van der Waals surface area contributed by atoms with Crippen LogP contribution in [0.2, 0.25) is 0 Å². The first kappa shape index (κ1) is 19.5. The Hall–Kier alpha value is -2.83. The van der Waals surface area contributed by atoms with Gasteiger partial charge >= 0.3 is 6.61 Å². The highest BCUT2D eigenvalue weighted by atomic mass is 19.3. The molecule has 2 aromatic carbocycles. The van der Waals surface area contributed by atoms with Crippen LogP contribution in [0.1, 0.15) is 16.7 Å². The first-order valence-electron chi connectivity index (χ1n) is 8.13. The zero-order chi connectivity index (χ0) is 18.9. The molecular formula is C19H23F2N3O2. The normalized spacial score (nSPS) is 11.4. The number of aryl methyl sites for hydroxylation is 1. The van der Waals surface area contributed by atoms with Crippen molar-refractivity contribution in [2.45, 2.75) is 26.6 Å². The van der Waals surface area contributed by atoms with Crippen LogP contribution in [0.25, 0.3) is 0 Å². The lowest BCUT2D eigenvalue weighted by molar-refractivity contribution is -0.0512. The third-order valence-corrected chi connectivity index (χ3v) is 3.71. The molecule has 7 heteroatoms. The van der Waals surface area contributed by atoms with Crippen molar-refractivity contribution >= 4 is 5.96 Å². The predicted molar refractivity (Wildman–Crippen MR) is 97.8 cm³/mol. The highest BCUT2D eigenvalue weighted by molar-refractivity contribution is 5.79. The smallest absolute Gasteiger partial charge is 0.387 e. The van der Waals surface area contributed by atoms with Gasteiger partial charge in [0.2, 0.25) is 0 Å². The number of ether oxygens (including phenoxy) is 2. The van der Waals surface area contributed by atoms with Crippen LogP contribution in [0.3, 0.4) is 0 Å². The number of guanidine groups is 1. The number of hydrogen-bond acceptors (Lipinski definition) is 3. The molecule has 140 valence electrons. The standard InChI is InChI=1S/C19H23F2N3O2/c1-13-4-6-14(7-5-13)11-23-19(22-2)24-12-15-8-9-16(25-3)17(10-15)26-18(20)21/h4-10,18H,11-12H2,1-3H3,(H2,22,23,24). The molecule has 0 fully saturated rings. The minimum atomic E-state index is -2.91. The summed E-state index contributed by atoms with van der Waals surface area (Å²) < 4.78 is 34.5. The molecule has 2 N–H and O–H groups in total. The van der Waals surface area contributed by atoms with E-state index in [2.05, 4.69) is 32.5 Å². The number of hydrogen-bond donors (Lipinski definition) is 2. The minimum absolute atomic E-state index is 0.00408. The van der Waals surface area contributed by atoms with E-state index >= 15 is 0 Å². The van der Waals surface area contributed by atoms with Gasteiger partial charge in [0, 0.05) is 20.1 Å². The van der Waals surface area contributed by atoms with Crippen LogP contribution in [0.5, 0.6) is 11.5 Å². The molecule has 2 rings (SSSR count). The quantitative estimate of drug-likeness (QED) is 0.584. The maximum atomic E-state index is 12.5. The van der Waals surface area contributed by atoms with Crippen molar-refractivity contribution in [2.75, 3.05) is 14.2 Å². The zero-order valence-electron chi connectivity index (χ0n) is 15.1. The topological polar surface area (TPSA) is 54.9 Å². The van der Waals surface area contributed by atoms with E-state index in [9.17, 15) is 8.78 Å². The Morgan fingerprint density at radius 3 is 2.19 bits per heavy atom. The molecule has 0 amide bonds. The molecule has 0 aliphatic carbocycles. The molecule has 0 bridgehead atoms. The summed E-state index contributed by atoms with van der Waals surface area (Å²) in [4.78, 5) is 4.16. The van der Waals surface area contributed by atoms with Crippen LogP contribution in [0, 0.1) is 6.92 Å². The van der Waals surface area contributed by atoms with Gasteiger partial charge < -0.3 is 20.1 Å². The predicted octanol–water partition coefficient (Wildman–Crippen LogP) is 3.47. The highest BCUT2D eigenvalue weighted by Gasteiger charge is 2.11. The fourth-order valence-corrected chi connectivity index (χ4v) is 2.32. The van der Waals surface area contributed by atoms with Crippen LogP contribution < -0.4 is 20.1 Å². The number of halogens is 2. The number of methoxy groups -OCH3 is 1. The van der Waals surface area contributed by atoms with E-state index in [4.69, 9.17) is 4.74 Å². The Kier molecular flexibility index (Phi) is 7.20. The van der Waals surface area contributed by atoms with Gasteiger partial charge in [-0.1, -0.05) is 35.9 Å². The van der Waals surface area contributed by atoms with Crippen molar-refractivity contribution in [2.24, 2.45) is 4.99 Å². The van der Waals surface area contributed by atoms with Crippen molar-refractivity contribution in [1.82, 2.24) is 10.6 Å². The maximum absolute atomic E-state index is 12.5. The van der Waals surface area contributed by atoms with Gasteiger partial charge in [0.05, 0.1) is 7.11 Å². The molecular weight excluding hydrogens is 340 g/mol. The summed E-state index contributed by atoms with van der Waals surface area (Å²) in [7, 11) is 3.08. The molecule has 0 saturated heterocycles. The summed E-state index contributed by atoms with van der Waals surface area (Å²) in [6, 6.07) is 13.1. The van der Waals surface area contributed by atoms with E-state index in [0.717, 1.165) is 11.1 Å². The molecule has 0 saturated carbocycles. The molecule has 2 aromatic rings. The molecule has 0 aromatic heterocycles. The zero-order valence-corrected chi connectivity index (χ0v) is 15.1. The number of benzene rings is 2. The number of nitrogens with zero attached hydrogens (tertiary/aromatic N) is 1. The Labute approximate surface area is 152 Å². The molecule has 26 heavy (non-hydrogen) atoms. The Balaban J connectivity index is 1.94. The Bertz CT molecular complexity index is 734. The highest BCUT2D eigenvalue weighted by Crippen LogP contribution is 2.29. The van der Waals surface area contributed by atoms with Crippen molar-refractivity contribution in [1.29, 1.82) is 0 Å². The van der Waals surface area contributed by atoms with Crippen molar-refractivity contribution in [3.05, 3.63) is 59.2 Å². The van der Waals surface area contributed by atoms with Gasteiger partial charge in [-0.3, -0.25) is 4.99 Å². The largest absolute Gasteiger partial charge is 0.493 e. The number of aliphatic imine (C=N–C) groups is 1. The number of rotatable bonds is 7. The van der Waals surface area contributed by atoms with Crippen molar-refractivity contribution in [3.8, 4) is 11.5 Å². The second-order valence-corrected chi connectivity index (χ2v) is 5.63. The Morgan fingerprint density at radius 2 is 1.62 bits per heavy atom. The van der Waals surface area contributed by atoms with Crippen molar-refractivity contribution < 1.29 is 18.3 Å². The SMILES string of the molecule is CN=C(NCc1ccc(C)cc1)NCc1ccc(OC)c(OC(F)F)c1. The lowest BCUT2D eigenvalue weighted by Crippen LogP contribution is -2.36. The molecule has 0 radical (unpaired) electrons. The summed E-state index contributed by atoms with van der Waals surface area (Å²) in [6.07, 6.45) is 0. The fourth-order valence-electron chi connectivity index (χ4n) is 2.32. The van der Waals surface area contributed by atoms with Gasteiger partial charge in [-0.15, -0.1) is 0 Å². The molecule has 0 unspecified atom stereocenters. The summed E-state index contributed by atoms with van der Waals surface area (Å²) in [5.74, 6) is 0.873. The molecule has 0 atom stereocenters. The van der Waals surface area contributed by atoms with Gasteiger partial charge in [0.25, 0.3) is 0 Å². The van der Waals surface area contributed by atoms with Gasteiger partial charge in [0.15, 0.2) is 17.5 Å². The lowest BCUT2D eigenvalue weighted by atomic mass is 10.1. The fraction of sp³-hybridized carbons (Fsp3) is 0.316. The maximum Gasteiger partial charge on any atom is 0.387 e. The average molecular weight is 363 g/mol. The summed E-state index contributed by atoms with van der Waals surface area (Å²) in [5, 5.41) is 6.35. The van der Waals surface area contributed by atoms with E-state index < -0.39 is 6.61 Å². The lowest BCUT2D eigenvalue weighted by Gasteiger charge is -2.14. The van der Waals surface area contributed by atoms with Gasteiger partial charge in [-0.2, -0.15) is 8.78 Å². The summed E-state index contributed by atoms with van der Waals surface area (Å²) >= 11 is 0. The minimum Gasteiger partial charge on any atom is -0.493 e. The van der Waals surface area contributed by atoms with Gasteiger partial charge in [-0.05, 0) is 30.2 Å². The number of nitrogens with one attached hydrogen (secondary N) is 2. The van der Waals surface area contributed by atoms with E-state index in [-0.39, 0.29) is 11.5 Å². The van der Waals surface area contributed by atoms with Gasteiger partial charge in [-0.25, -0.2) is 0 Å². The van der Waals surface area contributed by atoms with E-state index in [1.807, 2.05) is 19.1 Å². The molecule has 0 aliphatic heterocycles. The van der Waals surface area contributed by atoms with Crippen LogP contribution in [0.4, 0.5) is 8.78 Å². The Morgan fingerprint density at radius 1 is 1.00 bits per heavy atom. The van der Waals surface area contributed by atoms with E-state index in [0.29, 0.717) is 19.0 Å². The van der Waals surface area contributed by atoms with Crippen molar-refractivity contribution in [3.63, 3.8) is 0 Å². The monoisotopic (exact) mass is 363 g/mol. The van der Waals surface area contributed by atoms with E-state index in [1.54, 1.807) is 19.2 Å². The third-order valence-electron chi connectivity index (χ3n) is 3.71. The molecule has 0 heterocycles.